The molecule has 0 saturated heterocycles. The lowest BCUT2D eigenvalue weighted by Crippen LogP contribution is -2.30. The van der Waals surface area contributed by atoms with E-state index in [-0.39, 0.29) is 18.1 Å². The summed E-state index contributed by atoms with van der Waals surface area (Å²) in [5.41, 5.74) is 1.29. The highest BCUT2D eigenvalue weighted by atomic mass is 16.5. The molecule has 0 aliphatic rings. The zero-order valence-corrected chi connectivity index (χ0v) is 19.6. The maximum Gasteiger partial charge on any atom is 0.338 e. The Hall–Kier alpha value is -4.53. The molecule has 9 nitrogen and oxygen atoms in total. The summed E-state index contributed by atoms with van der Waals surface area (Å²) >= 11 is 0. The topological polar surface area (TPSA) is 112 Å². The molecule has 0 aliphatic carbocycles. The third kappa shape index (κ3) is 7.23. The van der Waals surface area contributed by atoms with E-state index in [1.165, 1.54) is 38.3 Å². The summed E-state index contributed by atoms with van der Waals surface area (Å²) in [5.74, 6) is -0.00861. The molecule has 0 radical (unpaired) electrons. The summed E-state index contributed by atoms with van der Waals surface area (Å²) < 4.78 is 21.0. The minimum Gasteiger partial charge on any atom is -0.497 e. The molecule has 0 aliphatic heterocycles. The van der Waals surface area contributed by atoms with Crippen LogP contribution in [0.5, 0.6) is 17.2 Å². The molecule has 3 aromatic carbocycles. The second-order valence-electron chi connectivity index (χ2n) is 7.33. The number of nitrogens with one attached hydrogen (secondary N) is 2. The molecule has 2 N–H and O–H groups in total. The van der Waals surface area contributed by atoms with E-state index >= 15 is 0 Å². The number of carbonyl (C=O) groups is 3. The maximum absolute atomic E-state index is 12.4. The molecule has 0 bridgehead atoms. The van der Waals surface area contributed by atoms with Gasteiger partial charge in [-0.05, 0) is 55.5 Å². The molecule has 0 saturated carbocycles. The predicted molar refractivity (Wildman–Crippen MR) is 130 cm³/mol. The smallest absolute Gasteiger partial charge is 0.338 e. The van der Waals surface area contributed by atoms with Gasteiger partial charge in [-0.3, -0.25) is 9.59 Å². The number of hydrogen-bond donors (Lipinski definition) is 2. The molecular weight excluding hydrogens is 452 g/mol. The quantitative estimate of drug-likeness (QED) is 0.425. The minimum atomic E-state index is -1.04. The highest BCUT2D eigenvalue weighted by Gasteiger charge is 2.20. The molecule has 0 heterocycles. The second-order valence-corrected chi connectivity index (χ2v) is 7.33. The standard InChI is InChI=1S/C26H26N2O7/c1-17(25(30)28-22-9-4-5-10-23(22)33-3)35-26(31)18-11-13-20(14-12-18)34-16-24(29)27-19-7-6-8-21(15-19)32-2/h4-15,17H,16H2,1-3H3,(H,27,29)(H,28,30)/t17-/m0/s1. The van der Waals surface area contributed by atoms with Gasteiger partial charge in [0.2, 0.25) is 0 Å². The number of esters is 1. The summed E-state index contributed by atoms with van der Waals surface area (Å²) in [4.78, 5) is 37.0. The van der Waals surface area contributed by atoms with Gasteiger partial charge in [0.15, 0.2) is 12.7 Å². The van der Waals surface area contributed by atoms with Gasteiger partial charge in [-0.15, -0.1) is 0 Å². The number of benzene rings is 3. The van der Waals surface area contributed by atoms with Crippen LogP contribution in [0.4, 0.5) is 11.4 Å². The monoisotopic (exact) mass is 478 g/mol. The molecule has 3 rings (SSSR count). The summed E-state index contributed by atoms with van der Waals surface area (Å²) in [6.45, 7) is 1.25. The molecular formula is C26H26N2O7. The number of anilines is 2. The number of amides is 2. The summed E-state index contributed by atoms with van der Waals surface area (Å²) in [6, 6.07) is 19.9. The van der Waals surface area contributed by atoms with E-state index in [2.05, 4.69) is 10.6 Å². The zero-order valence-electron chi connectivity index (χ0n) is 19.6. The van der Waals surface area contributed by atoms with Crippen molar-refractivity contribution in [1.29, 1.82) is 0 Å². The van der Waals surface area contributed by atoms with E-state index in [1.54, 1.807) is 55.6 Å². The van der Waals surface area contributed by atoms with E-state index in [1.807, 2.05) is 0 Å². The largest absolute Gasteiger partial charge is 0.497 e. The molecule has 35 heavy (non-hydrogen) atoms. The van der Waals surface area contributed by atoms with Crippen molar-refractivity contribution in [2.45, 2.75) is 13.0 Å². The van der Waals surface area contributed by atoms with Crippen LogP contribution in [0.25, 0.3) is 0 Å². The first-order valence-corrected chi connectivity index (χ1v) is 10.7. The SMILES string of the molecule is COc1cccc(NC(=O)COc2ccc(C(=O)O[C@@H](C)C(=O)Nc3ccccc3OC)cc2)c1. The molecule has 182 valence electrons. The average Bonchev–Trinajstić information content (AvgIpc) is 2.88. The van der Waals surface area contributed by atoms with Crippen molar-refractivity contribution in [2.24, 2.45) is 0 Å². The molecule has 9 heteroatoms. The van der Waals surface area contributed by atoms with Gasteiger partial charge in [0, 0.05) is 11.8 Å². The van der Waals surface area contributed by atoms with E-state index in [0.29, 0.717) is 28.6 Å². The Morgan fingerprint density at radius 2 is 1.57 bits per heavy atom. The van der Waals surface area contributed by atoms with Crippen LogP contribution in [-0.4, -0.2) is 44.7 Å². The van der Waals surface area contributed by atoms with Crippen LogP contribution in [0.3, 0.4) is 0 Å². The molecule has 3 aromatic rings. The van der Waals surface area contributed by atoms with Crippen LogP contribution < -0.4 is 24.8 Å². The number of methoxy groups -OCH3 is 2. The van der Waals surface area contributed by atoms with Gasteiger partial charge in [-0.1, -0.05) is 18.2 Å². The first-order chi connectivity index (χ1) is 16.9. The average molecular weight is 479 g/mol. The van der Waals surface area contributed by atoms with Crippen LogP contribution >= 0.6 is 0 Å². The third-order valence-electron chi connectivity index (χ3n) is 4.83. The Morgan fingerprint density at radius 1 is 0.829 bits per heavy atom. The Labute approximate surface area is 203 Å². The van der Waals surface area contributed by atoms with Crippen molar-refractivity contribution < 1.29 is 33.3 Å². The predicted octanol–water partition coefficient (Wildman–Crippen LogP) is 3.91. The number of ether oxygens (including phenoxy) is 4. The van der Waals surface area contributed by atoms with Crippen molar-refractivity contribution in [3.8, 4) is 17.2 Å². The van der Waals surface area contributed by atoms with Gasteiger partial charge in [0.1, 0.15) is 17.2 Å². The van der Waals surface area contributed by atoms with Gasteiger partial charge in [-0.2, -0.15) is 0 Å². The fourth-order valence-electron chi connectivity index (χ4n) is 3.00. The van der Waals surface area contributed by atoms with E-state index < -0.39 is 18.0 Å². The third-order valence-corrected chi connectivity index (χ3v) is 4.83. The highest BCUT2D eigenvalue weighted by Crippen LogP contribution is 2.23. The van der Waals surface area contributed by atoms with Crippen molar-refractivity contribution in [3.63, 3.8) is 0 Å². The van der Waals surface area contributed by atoms with Crippen molar-refractivity contribution >= 4 is 29.2 Å². The van der Waals surface area contributed by atoms with E-state index in [4.69, 9.17) is 18.9 Å². The zero-order chi connectivity index (χ0) is 25.2. The first-order valence-electron chi connectivity index (χ1n) is 10.7. The lowest BCUT2D eigenvalue weighted by atomic mass is 10.2. The van der Waals surface area contributed by atoms with Crippen LogP contribution in [-0.2, 0) is 14.3 Å². The normalized spacial score (nSPS) is 11.1. The Balaban J connectivity index is 1.49. The van der Waals surface area contributed by atoms with E-state index in [9.17, 15) is 14.4 Å². The Bertz CT molecular complexity index is 1180. The fraction of sp³-hybridized carbons (Fsp3) is 0.192. The van der Waals surface area contributed by atoms with Crippen LogP contribution in [0.2, 0.25) is 0 Å². The van der Waals surface area contributed by atoms with Crippen molar-refractivity contribution in [3.05, 3.63) is 78.4 Å². The summed E-state index contributed by atoms with van der Waals surface area (Å²) in [5, 5.41) is 5.38. The molecule has 0 aromatic heterocycles. The Morgan fingerprint density at radius 3 is 2.29 bits per heavy atom. The highest BCUT2D eigenvalue weighted by molar-refractivity contribution is 5.98. The lowest BCUT2D eigenvalue weighted by Gasteiger charge is -2.15. The number of carbonyl (C=O) groups excluding carboxylic acids is 3. The van der Waals surface area contributed by atoms with Gasteiger partial charge < -0.3 is 29.6 Å². The fourth-order valence-corrected chi connectivity index (χ4v) is 3.00. The van der Waals surface area contributed by atoms with Crippen molar-refractivity contribution in [1.82, 2.24) is 0 Å². The van der Waals surface area contributed by atoms with Gasteiger partial charge in [-0.25, -0.2) is 4.79 Å². The van der Waals surface area contributed by atoms with E-state index in [0.717, 1.165) is 0 Å². The molecule has 0 unspecified atom stereocenters. The minimum absolute atomic E-state index is 0.221. The molecule has 0 fully saturated rings. The van der Waals surface area contributed by atoms with Crippen LogP contribution in [0.1, 0.15) is 17.3 Å². The number of hydrogen-bond acceptors (Lipinski definition) is 7. The molecule has 2 amide bonds. The first kappa shape index (κ1) is 25.1. The van der Waals surface area contributed by atoms with Gasteiger partial charge >= 0.3 is 5.97 Å². The van der Waals surface area contributed by atoms with Crippen LogP contribution in [0, 0.1) is 0 Å². The number of para-hydroxylation sites is 2. The Kier molecular flexibility index (Phi) is 8.66. The van der Waals surface area contributed by atoms with Gasteiger partial charge in [0.05, 0.1) is 25.5 Å². The second kappa shape index (κ2) is 12.1. The maximum atomic E-state index is 12.4. The summed E-state index contributed by atoms with van der Waals surface area (Å²) in [7, 11) is 3.04. The number of rotatable bonds is 10. The lowest BCUT2D eigenvalue weighted by molar-refractivity contribution is -0.123. The van der Waals surface area contributed by atoms with Crippen LogP contribution in [0.15, 0.2) is 72.8 Å². The van der Waals surface area contributed by atoms with Crippen molar-refractivity contribution in [2.75, 3.05) is 31.5 Å². The van der Waals surface area contributed by atoms with Gasteiger partial charge in [0.25, 0.3) is 11.8 Å². The molecule has 0 spiro atoms. The molecule has 1 atom stereocenters. The summed E-state index contributed by atoms with van der Waals surface area (Å²) in [6.07, 6.45) is -1.04.